The van der Waals surface area contributed by atoms with Crippen LogP contribution in [0.4, 0.5) is 0 Å². The van der Waals surface area contributed by atoms with Crippen molar-refractivity contribution < 1.29 is 0 Å². The molecular formula is C12H20. The summed E-state index contributed by atoms with van der Waals surface area (Å²) in [5.74, 6) is 0. The highest BCUT2D eigenvalue weighted by Crippen LogP contribution is 2.34. The first kappa shape index (κ1) is 9.57. The van der Waals surface area contributed by atoms with Gasteiger partial charge in [-0.05, 0) is 18.3 Å². The topological polar surface area (TPSA) is 0 Å². The molecule has 0 heteroatoms. The molecule has 0 heterocycles. The molecule has 0 radical (unpaired) electrons. The Bertz CT molecular complexity index is 211. The van der Waals surface area contributed by atoms with E-state index in [0.717, 1.165) is 0 Å². The first-order valence-electron chi connectivity index (χ1n) is 4.94. The Labute approximate surface area is 76.4 Å². The van der Waals surface area contributed by atoms with E-state index in [-0.39, 0.29) is 0 Å². The zero-order valence-electron chi connectivity index (χ0n) is 8.78. The summed E-state index contributed by atoms with van der Waals surface area (Å²) < 4.78 is 0. The third kappa shape index (κ3) is 2.23. The van der Waals surface area contributed by atoms with Crippen LogP contribution >= 0.6 is 0 Å². The van der Waals surface area contributed by atoms with Crippen LogP contribution in [0.2, 0.25) is 0 Å². The van der Waals surface area contributed by atoms with E-state index in [0.29, 0.717) is 5.41 Å². The van der Waals surface area contributed by atoms with Crippen molar-refractivity contribution in [2.75, 3.05) is 0 Å². The molecule has 0 aliphatic heterocycles. The molecule has 0 saturated heterocycles. The first-order chi connectivity index (χ1) is 5.54. The second-order valence-corrected chi connectivity index (χ2v) is 4.65. The standard InChI is InChI=1S/C12H20/c1-5-6-10-7-8-11(9-10)12(2,3)4/h7,9H,5-6,8H2,1-4H3. The van der Waals surface area contributed by atoms with Crippen LogP contribution in [0, 0.1) is 5.41 Å². The summed E-state index contributed by atoms with van der Waals surface area (Å²) in [6.45, 7) is 9.12. The molecule has 0 aromatic heterocycles. The van der Waals surface area contributed by atoms with E-state index in [1.807, 2.05) is 0 Å². The van der Waals surface area contributed by atoms with Gasteiger partial charge in [-0.3, -0.25) is 0 Å². The largest absolute Gasteiger partial charge is 0.0772 e. The monoisotopic (exact) mass is 164 g/mol. The molecule has 1 rings (SSSR count). The third-order valence-electron chi connectivity index (χ3n) is 2.45. The van der Waals surface area contributed by atoms with Gasteiger partial charge in [0.25, 0.3) is 0 Å². The summed E-state index contributed by atoms with van der Waals surface area (Å²) in [4.78, 5) is 0. The summed E-state index contributed by atoms with van der Waals surface area (Å²) >= 11 is 0. The normalized spacial score (nSPS) is 17.7. The summed E-state index contributed by atoms with van der Waals surface area (Å²) in [5.41, 5.74) is 3.50. The van der Waals surface area contributed by atoms with Crippen LogP contribution in [-0.4, -0.2) is 0 Å². The minimum atomic E-state index is 0.367. The minimum absolute atomic E-state index is 0.367. The molecule has 1 aliphatic carbocycles. The van der Waals surface area contributed by atoms with Gasteiger partial charge in [0, 0.05) is 0 Å². The van der Waals surface area contributed by atoms with Crippen LogP contribution in [0.25, 0.3) is 0 Å². The lowest BCUT2D eigenvalue weighted by Gasteiger charge is -2.19. The van der Waals surface area contributed by atoms with Crippen LogP contribution in [0.1, 0.15) is 47.0 Å². The quantitative estimate of drug-likeness (QED) is 0.576. The van der Waals surface area contributed by atoms with E-state index in [9.17, 15) is 0 Å². The predicted molar refractivity (Wildman–Crippen MR) is 55.1 cm³/mol. The summed E-state index contributed by atoms with van der Waals surface area (Å²) in [7, 11) is 0. The smallest absolute Gasteiger partial charge is 0.0125 e. The lowest BCUT2D eigenvalue weighted by atomic mass is 9.86. The van der Waals surface area contributed by atoms with Gasteiger partial charge in [0.2, 0.25) is 0 Å². The molecule has 0 aromatic rings. The molecular weight excluding hydrogens is 144 g/mol. The fourth-order valence-corrected chi connectivity index (χ4v) is 1.57. The zero-order chi connectivity index (χ0) is 9.19. The van der Waals surface area contributed by atoms with Crippen LogP contribution in [0.5, 0.6) is 0 Å². The fraction of sp³-hybridized carbons (Fsp3) is 0.667. The molecule has 0 saturated carbocycles. The second kappa shape index (κ2) is 3.47. The molecule has 0 bridgehead atoms. The van der Waals surface area contributed by atoms with Crippen molar-refractivity contribution in [1.29, 1.82) is 0 Å². The van der Waals surface area contributed by atoms with Crippen LogP contribution in [0.3, 0.4) is 0 Å². The van der Waals surface area contributed by atoms with E-state index < -0.39 is 0 Å². The highest BCUT2D eigenvalue weighted by Gasteiger charge is 2.19. The van der Waals surface area contributed by atoms with Gasteiger partial charge in [-0.25, -0.2) is 0 Å². The van der Waals surface area contributed by atoms with Gasteiger partial charge in [0.1, 0.15) is 0 Å². The van der Waals surface area contributed by atoms with E-state index in [2.05, 4.69) is 39.8 Å². The molecule has 0 unspecified atom stereocenters. The van der Waals surface area contributed by atoms with E-state index in [4.69, 9.17) is 0 Å². The second-order valence-electron chi connectivity index (χ2n) is 4.65. The molecule has 0 fully saturated rings. The number of hydrogen-bond acceptors (Lipinski definition) is 0. The van der Waals surface area contributed by atoms with E-state index in [1.54, 1.807) is 11.1 Å². The maximum Gasteiger partial charge on any atom is -0.0125 e. The Morgan fingerprint density at radius 1 is 1.33 bits per heavy atom. The maximum atomic E-state index is 2.39. The molecule has 68 valence electrons. The number of allylic oxidation sites excluding steroid dienone is 4. The van der Waals surface area contributed by atoms with Gasteiger partial charge in [-0.15, -0.1) is 0 Å². The Morgan fingerprint density at radius 2 is 2.00 bits per heavy atom. The van der Waals surface area contributed by atoms with Crippen molar-refractivity contribution in [2.45, 2.75) is 47.0 Å². The van der Waals surface area contributed by atoms with Crippen molar-refractivity contribution in [1.82, 2.24) is 0 Å². The van der Waals surface area contributed by atoms with Crippen LogP contribution < -0.4 is 0 Å². The van der Waals surface area contributed by atoms with Gasteiger partial charge < -0.3 is 0 Å². The fourth-order valence-electron chi connectivity index (χ4n) is 1.57. The zero-order valence-corrected chi connectivity index (χ0v) is 8.78. The molecule has 12 heavy (non-hydrogen) atoms. The van der Waals surface area contributed by atoms with Crippen molar-refractivity contribution in [3.63, 3.8) is 0 Å². The Balaban J connectivity index is 2.61. The Morgan fingerprint density at radius 3 is 2.42 bits per heavy atom. The van der Waals surface area contributed by atoms with E-state index >= 15 is 0 Å². The minimum Gasteiger partial charge on any atom is -0.0772 e. The van der Waals surface area contributed by atoms with Crippen molar-refractivity contribution >= 4 is 0 Å². The SMILES string of the molecule is CCCC1=CCC(C(C)(C)C)=C1. The molecule has 1 aliphatic rings. The molecule has 0 amide bonds. The van der Waals surface area contributed by atoms with E-state index in [1.165, 1.54) is 19.3 Å². The summed E-state index contributed by atoms with van der Waals surface area (Å²) in [6, 6.07) is 0. The number of rotatable bonds is 2. The maximum absolute atomic E-state index is 2.39. The van der Waals surface area contributed by atoms with Crippen molar-refractivity contribution in [3.05, 3.63) is 23.3 Å². The number of hydrogen-bond donors (Lipinski definition) is 0. The average molecular weight is 164 g/mol. The summed E-state index contributed by atoms with van der Waals surface area (Å²) in [5, 5.41) is 0. The molecule has 0 spiro atoms. The average Bonchev–Trinajstić information content (AvgIpc) is 2.35. The Kier molecular flexibility index (Phi) is 2.76. The third-order valence-corrected chi connectivity index (χ3v) is 2.45. The Hall–Kier alpha value is -0.520. The van der Waals surface area contributed by atoms with Gasteiger partial charge in [-0.1, -0.05) is 57.4 Å². The highest BCUT2D eigenvalue weighted by atomic mass is 14.2. The lowest BCUT2D eigenvalue weighted by Crippen LogP contribution is -2.07. The van der Waals surface area contributed by atoms with Gasteiger partial charge in [0.05, 0.1) is 0 Å². The van der Waals surface area contributed by atoms with Gasteiger partial charge in [0.15, 0.2) is 0 Å². The predicted octanol–water partition coefficient (Wildman–Crippen LogP) is 4.09. The van der Waals surface area contributed by atoms with Crippen molar-refractivity contribution in [3.8, 4) is 0 Å². The molecule has 0 atom stereocenters. The van der Waals surface area contributed by atoms with Gasteiger partial charge >= 0.3 is 0 Å². The van der Waals surface area contributed by atoms with Crippen LogP contribution in [-0.2, 0) is 0 Å². The highest BCUT2D eigenvalue weighted by molar-refractivity contribution is 5.35. The first-order valence-corrected chi connectivity index (χ1v) is 4.94. The van der Waals surface area contributed by atoms with Crippen molar-refractivity contribution in [2.24, 2.45) is 5.41 Å². The molecule has 0 N–H and O–H groups in total. The lowest BCUT2D eigenvalue weighted by molar-refractivity contribution is 0.496. The van der Waals surface area contributed by atoms with Crippen LogP contribution in [0.15, 0.2) is 23.3 Å². The van der Waals surface area contributed by atoms with Gasteiger partial charge in [-0.2, -0.15) is 0 Å². The summed E-state index contributed by atoms with van der Waals surface area (Å²) in [6.07, 6.45) is 8.46. The molecule has 0 nitrogen and oxygen atoms in total. The molecule has 0 aromatic carbocycles.